The van der Waals surface area contributed by atoms with Gasteiger partial charge < -0.3 is 14.8 Å². The molecule has 0 saturated heterocycles. The second kappa shape index (κ2) is 10.9. The number of carbonyl (C=O) groups excluding carboxylic acids is 3. The van der Waals surface area contributed by atoms with Crippen molar-refractivity contribution < 1.29 is 23.9 Å². The fourth-order valence-electron chi connectivity index (χ4n) is 3.13. The van der Waals surface area contributed by atoms with Gasteiger partial charge in [0.2, 0.25) is 0 Å². The van der Waals surface area contributed by atoms with Crippen LogP contribution in [0, 0.1) is 13.8 Å². The maximum atomic E-state index is 12.4. The third kappa shape index (κ3) is 6.16. The summed E-state index contributed by atoms with van der Waals surface area (Å²) >= 11 is 1.30. The van der Waals surface area contributed by atoms with E-state index >= 15 is 0 Å². The van der Waals surface area contributed by atoms with Gasteiger partial charge in [0.05, 0.1) is 18.8 Å². The normalized spacial score (nSPS) is 10.8. The van der Waals surface area contributed by atoms with E-state index in [4.69, 9.17) is 9.47 Å². The predicted octanol–water partition coefficient (Wildman–Crippen LogP) is 3.38. The minimum atomic E-state index is -0.547. The second-order valence-electron chi connectivity index (χ2n) is 7.39. The Morgan fingerprint density at radius 1 is 1.12 bits per heavy atom. The lowest BCUT2D eigenvalue weighted by Crippen LogP contribution is -2.29. The van der Waals surface area contributed by atoms with Crippen molar-refractivity contribution in [1.82, 2.24) is 15.1 Å². The molecule has 1 amide bonds. The van der Waals surface area contributed by atoms with Crippen molar-refractivity contribution in [2.75, 3.05) is 19.8 Å². The number of fused-ring (bicyclic) bond motifs is 1. The summed E-state index contributed by atoms with van der Waals surface area (Å²) in [7, 11) is 0. The van der Waals surface area contributed by atoms with Crippen molar-refractivity contribution in [3.63, 3.8) is 0 Å². The number of carbonyl (C=O) groups is 3. The highest BCUT2D eigenvalue weighted by Gasteiger charge is 2.18. The molecule has 2 heterocycles. The molecule has 3 rings (SSSR count). The molecular weight excluding hydrogens is 430 g/mol. The van der Waals surface area contributed by atoms with Gasteiger partial charge in [-0.05, 0) is 38.8 Å². The molecule has 0 aliphatic carbocycles. The fourth-order valence-corrected chi connectivity index (χ4v) is 4.19. The minimum absolute atomic E-state index is 0.231. The highest BCUT2D eigenvalue weighted by Crippen LogP contribution is 2.29. The van der Waals surface area contributed by atoms with E-state index in [1.807, 2.05) is 18.5 Å². The Labute approximate surface area is 190 Å². The van der Waals surface area contributed by atoms with E-state index in [9.17, 15) is 14.4 Å². The van der Waals surface area contributed by atoms with Crippen LogP contribution < -0.4 is 5.32 Å². The van der Waals surface area contributed by atoms with Gasteiger partial charge in [-0.1, -0.05) is 29.8 Å². The average molecular weight is 458 g/mol. The topological polar surface area (TPSA) is 99.5 Å². The molecule has 1 N–H and O–H groups in total. The van der Waals surface area contributed by atoms with Gasteiger partial charge in [-0.25, -0.2) is 4.79 Å². The van der Waals surface area contributed by atoms with Gasteiger partial charge in [0.1, 0.15) is 9.71 Å². The van der Waals surface area contributed by atoms with Crippen molar-refractivity contribution in [2.45, 2.75) is 40.2 Å². The molecule has 0 fully saturated rings. The lowest BCUT2D eigenvalue weighted by Gasteiger charge is -2.06. The van der Waals surface area contributed by atoms with Crippen LogP contribution in [0.2, 0.25) is 0 Å². The predicted molar refractivity (Wildman–Crippen MR) is 122 cm³/mol. The number of nitrogens with zero attached hydrogens (tertiary/aromatic N) is 2. The largest absolute Gasteiger partial charge is 0.466 e. The van der Waals surface area contributed by atoms with E-state index in [-0.39, 0.29) is 19.0 Å². The first-order valence-electron chi connectivity index (χ1n) is 10.5. The number of benzene rings is 1. The summed E-state index contributed by atoms with van der Waals surface area (Å²) in [6.45, 7) is 6.57. The van der Waals surface area contributed by atoms with Gasteiger partial charge in [0.25, 0.3) is 5.91 Å². The summed E-state index contributed by atoms with van der Waals surface area (Å²) in [4.78, 5) is 36.9. The molecule has 9 heteroatoms. The van der Waals surface area contributed by atoms with Gasteiger partial charge in [0.15, 0.2) is 6.61 Å². The SMILES string of the molecule is CCOC(=O)CCCNC(=O)COC(=O)c1cc2c(C)nn(Cc3ccc(C)cc3)c2s1. The Morgan fingerprint density at radius 2 is 1.88 bits per heavy atom. The monoisotopic (exact) mass is 457 g/mol. The van der Waals surface area contributed by atoms with Crippen LogP contribution in [-0.4, -0.2) is 47.4 Å². The van der Waals surface area contributed by atoms with Crippen LogP contribution in [0.4, 0.5) is 0 Å². The van der Waals surface area contributed by atoms with Crippen LogP contribution in [0.15, 0.2) is 30.3 Å². The Balaban J connectivity index is 1.53. The maximum absolute atomic E-state index is 12.4. The summed E-state index contributed by atoms with van der Waals surface area (Å²) in [5.74, 6) is -1.26. The first kappa shape index (κ1) is 23.5. The Morgan fingerprint density at radius 3 is 2.59 bits per heavy atom. The number of hydrogen-bond donors (Lipinski definition) is 1. The summed E-state index contributed by atoms with van der Waals surface area (Å²) in [6.07, 6.45) is 0.695. The molecule has 0 aliphatic heterocycles. The number of esters is 2. The quantitative estimate of drug-likeness (QED) is 0.370. The average Bonchev–Trinajstić information content (AvgIpc) is 3.33. The molecule has 170 valence electrons. The van der Waals surface area contributed by atoms with Gasteiger partial charge >= 0.3 is 11.9 Å². The van der Waals surface area contributed by atoms with Crippen LogP contribution in [0.3, 0.4) is 0 Å². The summed E-state index contributed by atoms with van der Waals surface area (Å²) < 4.78 is 11.9. The Hall–Kier alpha value is -3.20. The standard InChI is InChI=1S/C23H27N3O5S/c1-4-30-21(28)6-5-11-24-20(27)14-31-23(29)19-12-18-16(3)25-26(22(18)32-19)13-17-9-7-15(2)8-10-17/h7-10,12H,4-6,11,13-14H2,1-3H3,(H,24,27). The fraction of sp³-hybridized carbons (Fsp3) is 0.391. The van der Waals surface area contributed by atoms with Crippen LogP contribution in [0.1, 0.15) is 46.3 Å². The lowest BCUT2D eigenvalue weighted by molar-refractivity contribution is -0.143. The van der Waals surface area contributed by atoms with E-state index in [0.29, 0.717) is 31.0 Å². The van der Waals surface area contributed by atoms with Crippen LogP contribution in [0.5, 0.6) is 0 Å². The van der Waals surface area contributed by atoms with Crippen molar-refractivity contribution in [3.05, 3.63) is 52.0 Å². The lowest BCUT2D eigenvalue weighted by atomic mass is 10.1. The number of hydrogen-bond acceptors (Lipinski definition) is 7. The summed E-state index contributed by atoms with van der Waals surface area (Å²) in [6, 6.07) is 10.00. The number of ether oxygens (including phenoxy) is 2. The third-order valence-electron chi connectivity index (χ3n) is 4.78. The number of nitrogens with one attached hydrogen (secondary N) is 1. The molecule has 0 saturated carbocycles. The highest BCUT2D eigenvalue weighted by atomic mass is 32.1. The van der Waals surface area contributed by atoms with E-state index in [0.717, 1.165) is 21.5 Å². The molecular formula is C23H27N3O5S. The van der Waals surface area contributed by atoms with E-state index in [2.05, 4.69) is 34.7 Å². The van der Waals surface area contributed by atoms with Gasteiger partial charge in [-0.15, -0.1) is 11.3 Å². The minimum Gasteiger partial charge on any atom is -0.466 e. The first-order chi connectivity index (χ1) is 15.4. The summed E-state index contributed by atoms with van der Waals surface area (Å²) in [5, 5.41) is 8.11. The van der Waals surface area contributed by atoms with E-state index < -0.39 is 11.9 Å². The highest BCUT2D eigenvalue weighted by molar-refractivity contribution is 7.20. The van der Waals surface area contributed by atoms with Gasteiger partial charge in [-0.3, -0.25) is 14.3 Å². The van der Waals surface area contributed by atoms with Crippen molar-refractivity contribution in [3.8, 4) is 0 Å². The zero-order chi connectivity index (χ0) is 23.1. The molecule has 0 atom stereocenters. The molecule has 0 unspecified atom stereocenters. The third-order valence-corrected chi connectivity index (χ3v) is 5.91. The number of aryl methyl sites for hydroxylation is 2. The zero-order valence-electron chi connectivity index (χ0n) is 18.5. The maximum Gasteiger partial charge on any atom is 0.348 e. The van der Waals surface area contributed by atoms with Gasteiger partial charge in [-0.2, -0.15) is 5.10 Å². The second-order valence-corrected chi connectivity index (χ2v) is 8.42. The number of aromatic nitrogens is 2. The molecule has 32 heavy (non-hydrogen) atoms. The molecule has 8 nitrogen and oxygen atoms in total. The van der Waals surface area contributed by atoms with Crippen LogP contribution in [-0.2, 0) is 25.6 Å². The van der Waals surface area contributed by atoms with Gasteiger partial charge in [0, 0.05) is 18.4 Å². The van der Waals surface area contributed by atoms with E-state index in [1.165, 1.54) is 16.9 Å². The molecule has 0 radical (unpaired) electrons. The molecule has 2 aromatic heterocycles. The van der Waals surface area contributed by atoms with Crippen molar-refractivity contribution in [2.24, 2.45) is 0 Å². The first-order valence-corrected chi connectivity index (χ1v) is 11.3. The number of rotatable bonds is 10. The van der Waals surface area contributed by atoms with Crippen molar-refractivity contribution in [1.29, 1.82) is 0 Å². The number of thiophene rings is 1. The molecule has 0 bridgehead atoms. The summed E-state index contributed by atoms with van der Waals surface area (Å²) in [5.41, 5.74) is 3.15. The van der Waals surface area contributed by atoms with Crippen molar-refractivity contribution >= 4 is 39.4 Å². The molecule has 0 spiro atoms. The Kier molecular flexibility index (Phi) is 7.99. The Bertz CT molecular complexity index is 1100. The van der Waals surface area contributed by atoms with E-state index in [1.54, 1.807) is 13.0 Å². The smallest absolute Gasteiger partial charge is 0.348 e. The molecule has 3 aromatic rings. The zero-order valence-corrected chi connectivity index (χ0v) is 19.3. The van der Waals surface area contributed by atoms with Crippen LogP contribution >= 0.6 is 11.3 Å². The molecule has 1 aromatic carbocycles. The number of amides is 1. The molecule has 0 aliphatic rings. The van der Waals surface area contributed by atoms with Crippen LogP contribution in [0.25, 0.3) is 10.2 Å².